The molecule has 0 unspecified atom stereocenters. The van der Waals surface area contributed by atoms with Gasteiger partial charge in [-0.1, -0.05) is 13.0 Å². The van der Waals surface area contributed by atoms with E-state index in [1.807, 2.05) is 19.1 Å². The van der Waals surface area contributed by atoms with E-state index in [2.05, 4.69) is 22.5 Å². The molecule has 1 amide bonds. The second-order valence-corrected chi connectivity index (χ2v) is 8.59. The summed E-state index contributed by atoms with van der Waals surface area (Å²) in [6.45, 7) is 4.21. The smallest absolute Gasteiger partial charge is 0.259 e. The summed E-state index contributed by atoms with van der Waals surface area (Å²) < 4.78 is 0. The van der Waals surface area contributed by atoms with E-state index in [0.717, 1.165) is 35.2 Å². The van der Waals surface area contributed by atoms with Gasteiger partial charge in [0.05, 0.1) is 11.4 Å². The van der Waals surface area contributed by atoms with E-state index in [1.165, 1.54) is 10.4 Å². The molecule has 2 heterocycles. The molecule has 2 aromatic heterocycles. The van der Waals surface area contributed by atoms with Crippen LogP contribution in [-0.4, -0.2) is 22.9 Å². The average Bonchev–Trinajstić information content (AvgIpc) is 3.05. The van der Waals surface area contributed by atoms with Gasteiger partial charge in [0.15, 0.2) is 0 Å². The monoisotopic (exact) mass is 396 g/mol. The van der Waals surface area contributed by atoms with Crippen LogP contribution in [0.25, 0.3) is 10.2 Å². The van der Waals surface area contributed by atoms with Crippen LogP contribution in [0.3, 0.4) is 0 Å². The van der Waals surface area contributed by atoms with Crippen molar-refractivity contribution in [2.75, 3.05) is 12.4 Å². The van der Waals surface area contributed by atoms with Crippen molar-refractivity contribution in [3.05, 3.63) is 56.4 Å². The summed E-state index contributed by atoms with van der Waals surface area (Å²) in [6, 6.07) is 7.07. The number of nitrogens with zero attached hydrogens (tertiary/aromatic N) is 1. The maximum atomic E-state index is 12.8. The van der Waals surface area contributed by atoms with Crippen molar-refractivity contribution in [2.24, 2.45) is 5.92 Å². The van der Waals surface area contributed by atoms with Crippen molar-refractivity contribution in [1.82, 2.24) is 15.3 Å². The van der Waals surface area contributed by atoms with Crippen LogP contribution in [-0.2, 0) is 12.8 Å². The molecule has 28 heavy (non-hydrogen) atoms. The molecule has 0 radical (unpaired) electrons. The number of hydrogen-bond donors (Lipinski definition) is 3. The fourth-order valence-electron chi connectivity index (χ4n) is 3.78. The van der Waals surface area contributed by atoms with E-state index in [-0.39, 0.29) is 17.5 Å². The number of fused-ring (bicyclic) bond motifs is 3. The zero-order valence-electron chi connectivity index (χ0n) is 16.3. The molecule has 2 atom stereocenters. The van der Waals surface area contributed by atoms with Crippen molar-refractivity contribution in [3.8, 4) is 0 Å². The molecule has 0 saturated heterocycles. The number of hydrogen-bond acceptors (Lipinski definition) is 5. The van der Waals surface area contributed by atoms with Crippen molar-refractivity contribution < 1.29 is 4.79 Å². The Balaban J connectivity index is 1.64. The highest BCUT2D eigenvalue weighted by Gasteiger charge is 2.23. The number of benzene rings is 1. The van der Waals surface area contributed by atoms with Gasteiger partial charge < -0.3 is 15.6 Å². The number of anilines is 1. The molecule has 0 bridgehead atoms. The first-order chi connectivity index (χ1) is 13.5. The number of rotatable bonds is 4. The zero-order chi connectivity index (χ0) is 19.8. The lowest BCUT2D eigenvalue weighted by atomic mass is 9.89. The van der Waals surface area contributed by atoms with E-state index < -0.39 is 0 Å². The van der Waals surface area contributed by atoms with Gasteiger partial charge in [0, 0.05) is 23.2 Å². The van der Waals surface area contributed by atoms with Gasteiger partial charge >= 0.3 is 0 Å². The molecular weight excluding hydrogens is 372 g/mol. The summed E-state index contributed by atoms with van der Waals surface area (Å²) in [5.41, 5.74) is 2.52. The van der Waals surface area contributed by atoms with Gasteiger partial charge in [-0.3, -0.25) is 9.59 Å². The number of nitrogens with one attached hydrogen (secondary N) is 3. The van der Waals surface area contributed by atoms with Crippen LogP contribution in [0.1, 0.15) is 52.9 Å². The Bertz CT molecular complexity index is 1100. The molecule has 0 spiro atoms. The van der Waals surface area contributed by atoms with Crippen LogP contribution in [0.2, 0.25) is 0 Å². The standard InChI is InChI=1S/C21H24N4O2S/c1-11-7-8-15-16(9-11)28-21-17(15)20(27)24-18(25-21)12(2)23-14-6-4-5-13(10-14)19(26)22-3/h4-6,10-12,23H,7-9H2,1-3H3,(H,22,26)(H,24,25,27)/t11-,12+/m1/s1. The summed E-state index contributed by atoms with van der Waals surface area (Å²) in [4.78, 5) is 34.5. The van der Waals surface area contributed by atoms with Crippen molar-refractivity contribution >= 4 is 33.1 Å². The summed E-state index contributed by atoms with van der Waals surface area (Å²) >= 11 is 1.65. The number of amides is 1. The average molecular weight is 397 g/mol. The predicted octanol–water partition coefficient (Wildman–Crippen LogP) is 3.64. The molecule has 6 nitrogen and oxygen atoms in total. The fraction of sp³-hybridized carbons (Fsp3) is 0.381. The van der Waals surface area contributed by atoms with Gasteiger partial charge in [-0.2, -0.15) is 0 Å². The highest BCUT2D eigenvalue weighted by Crippen LogP contribution is 2.36. The Kier molecular flexibility index (Phi) is 4.93. The summed E-state index contributed by atoms with van der Waals surface area (Å²) in [5.74, 6) is 1.13. The first-order valence-corrected chi connectivity index (χ1v) is 10.4. The topological polar surface area (TPSA) is 86.9 Å². The zero-order valence-corrected chi connectivity index (χ0v) is 17.1. The summed E-state index contributed by atoms with van der Waals surface area (Å²) in [5, 5.41) is 6.72. The van der Waals surface area contributed by atoms with E-state index in [4.69, 9.17) is 4.98 Å². The lowest BCUT2D eigenvalue weighted by molar-refractivity contribution is 0.0963. The summed E-state index contributed by atoms with van der Waals surface area (Å²) in [6.07, 6.45) is 3.12. The SMILES string of the molecule is CNC(=O)c1cccc(N[C@@H](C)c2nc3sc4c(c3c(=O)[nH]2)CC[C@@H](C)C4)c1. The lowest BCUT2D eigenvalue weighted by Gasteiger charge is -2.17. The first kappa shape index (κ1) is 18.7. The Labute approximate surface area is 167 Å². The van der Waals surface area contributed by atoms with Gasteiger partial charge in [-0.25, -0.2) is 4.98 Å². The molecule has 4 rings (SSSR count). The van der Waals surface area contributed by atoms with Crippen LogP contribution in [0.4, 0.5) is 5.69 Å². The molecule has 0 fully saturated rings. The van der Waals surface area contributed by atoms with Crippen LogP contribution in [0, 0.1) is 5.92 Å². The Morgan fingerprint density at radius 3 is 3.00 bits per heavy atom. The Morgan fingerprint density at radius 1 is 1.39 bits per heavy atom. The van der Waals surface area contributed by atoms with Crippen molar-refractivity contribution in [1.29, 1.82) is 0 Å². The first-order valence-electron chi connectivity index (χ1n) is 9.59. The molecule has 0 saturated carbocycles. The molecular formula is C21H24N4O2S. The third-order valence-electron chi connectivity index (χ3n) is 5.33. The highest BCUT2D eigenvalue weighted by molar-refractivity contribution is 7.18. The number of H-pyrrole nitrogens is 1. The van der Waals surface area contributed by atoms with E-state index in [0.29, 0.717) is 17.3 Å². The normalized spacial score (nSPS) is 17.2. The van der Waals surface area contributed by atoms with E-state index >= 15 is 0 Å². The number of aryl methyl sites for hydroxylation is 1. The van der Waals surface area contributed by atoms with Crippen LogP contribution in [0.5, 0.6) is 0 Å². The number of carbonyl (C=O) groups excluding carboxylic acids is 1. The maximum Gasteiger partial charge on any atom is 0.259 e. The third kappa shape index (κ3) is 3.42. The lowest BCUT2D eigenvalue weighted by Crippen LogP contribution is -2.19. The quantitative estimate of drug-likeness (QED) is 0.628. The molecule has 1 aromatic carbocycles. The molecule has 3 N–H and O–H groups in total. The number of thiophene rings is 1. The van der Waals surface area contributed by atoms with Crippen molar-refractivity contribution in [3.63, 3.8) is 0 Å². The molecule has 7 heteroatoms. The second kappa shape index (κ2) is 7.39. The minimum absolute atomic E-state index is 0.0557. The second-order valence-electron chi connectivity index (χ2n) is 7.51. The number of aromatic nitrogens is 2. The third-order valence-corrected chi connectivity index (χ3v) is 6.48. The predicted molar refractivity (Wildman–Crippen MR) is 113 cm³/mol. The largest absolute Gasteiger partial charge is 0.375 e. The summed E-state index contributed by atoms with van der Waals surface area (Å²) in [7, 11) is 1.61. The van der Waals surface area contributed by atoms with Gasteiger partial charge in [-0.15, -0.1) is 11.3 Å². The van der Waals surface area contributed by atoms with Gasteiger partial charge in [0.2, 0.25) is 0 Å². The Morgan fingerprint density at radius 2 is 2.21 bits per heavy atom. The highest BCUT2D eigenvalue weighted by atomic mass is 32.1. The molecule has 1 aliphatic carbocycles. The Hall–Kier alpha value is -2.67. The van der Waals surface area contributed by atoms with Gasteiger partial charge in [0.1, 0.15) is 10.7 Å². The molecule has 3 aromatic rings. The molecule has 1 aliphatic rings. The van der Waals surface area contributed by atoms with Gasteiger partial charge in [-0.05, 0) is 55.9 Å². The van der Waals surface area contributed by atoms with Crippen LogP contribution < -0.4 is 16.2 Å². The molecule has 0 aliphatic heterocycles. The van der Waals surface area contributed by atoms with Crippen LogP contribution in [0.15, 0.2) is 29.1 Å². The van der Waals surface area contributed by atoms with E-state index in [9.17, 15) is 9.59 Å². The van der Waals surface area contributed by atoms with Crippen molar-refractivity contribution in [2.45, 2.75) is 39.2 Å². The minimum Gasteiger partial charge on any atom is -0.375 e. The molecule has 146 valence electrons. The fourth-order valence-corrected chi connectivity index (χ4v) is 5.17. The number of carbonyl (C=O) groups is 1. The maximum absolute atomic E-state index is 12.8. The van der Waals surface area contributed by atoms with E-state index in [1.54, 1.807) is 30.5 Å². The minimum atomic E-state index is -0.199. The van der Waals surface area contributed by atoms with Gasteiger partial charge in [0.25, 0.3) is 11.5 Å². The van der Waals surface area contributed by atoms with Crippen LogP contribution >= 0.6 is 11.3 Å². The number of aromatic amines is 1.